The molecular formula is C30H27F6N3O5. The fourth-order valence-corrected chi connectivity index (χ4v) is 5.33. The predicted octanol–water partition coefficient (Wildman–Crippen LogP) is 6.04. The van der Waals surface area contributed by atoms with Crippen LogP contribution in [0.15, 0.2) is 54.7 Å². The van der Waals surface area contributed by atoms with Crippen molar-refractivity contribution in [2.24, 2.45) is 0 Å². The molecule has 0 bridgehead atoms. The minimum absolute atomic E-state index is 0.00616. The number of aryl methyl sites for hydroxylation is 1. The molecule has 0 radical (unpaired) electrons. The standard InChI is InChI=1S/C30H27F6N3O5/c1-4-17-12-20(28(42,29(31,32)33)30(34,35)36)6-8-23(17)44-22-9-10-37-21(14-22)15-39-25(40)27(3,38-26(39)41)19-5-7-24-18(13-19)11-16(2)43-24/h5-10,12-14,16,42H,4,11,15H2,1-3H3,(H,38,41). The molecular weight excluding hydrogens is 596 g/mol. The molecule has 44 heavy (non-hydrogen) atoms. The molecule has 234 valence electrons. The van der Waals surface area contributed by atoms with Crippen molar-refractivity contribution in [1.29, 1.82) is 0 Å². The van der Waals surface area contributed by atoms with Gasteiger partial charge in [0, 0.05) is 24.2 Å². The van der Waals surface area contributed by atoms with Gasteiger partial charge in [0.2, 0.25) is 0 Å². The van der Waals surface area contributed by atoms with Gasteiger partial charge in [-0.15, -0.1) is 0 Å². The van der Waals surface area contributed by atoms with Crippen molar-refractivity contribution >= 4 is 11.9 Å². The average Bonchev–Trinajstić information content (AvgIpc) is 3.42. The maximum absolute atomic E-state index is 13.5. The number of carbonyl (C=O) groups excluding carboxylic acids is 2. The van der Waals surface area contributed by atoms with Gasteiger partial charge in [-0.2, -0.15) is 26.3 Å². The first-order valence-electron chi connectivity index (χ1n) is 13.5. The van der Waals surface area contributed by atoms with Crippen molar-refractivity contribution < 1.29 is 50.5 Å². The first-order chi connectivity index (χ1) is 20.5. The summed E-state index contributed by atoms with van der Waals surface area (Å²) < 4.78 is 91.7. The molecule has 1 aromatic heterocycles. The second-order valence-corrected chi connectivity index (χ2v) is 10.9. The fourth-order valence-electron chi connectivity index (χ4n) is 5.33. The van der Waals surface area contributed by atoms with E-state index in [1.807, 2.05) is 13.0 Å². The lowest BCUT2D eigenvalue weighted by Gasteiger charge is -2.33. The molecule has 0 spiro atoms. The molecule has 3 aromatic rings. The van der Waals surface area contributed by atoms with Gasteiger partial charge in [-0.05, 0) is 67.3 Å². The molecule has 2 aromatic carbocycles. The second kappa shape index (κ2) is 10.7. The van der Waals surface area contributed by atoms with Gasteiger partial charge in [-0.3, -0.25) is 14.7 Å². The van der Waals surface area contributed by atoms with Crippen LogP contribution in [0.5, 0.6) is 17.2 Å². The number of amides is 3. The summed E-state index contributed by atoms with van der Waals surface area (Å²) in [6.45, 7) is 4.77. The van der Waals surface area contributed by atoms with E-state index in [1.54, 1.807) is 19.1 Å². The van der Waals surface area contributed by atoms with E-state index in [0.717, 1.165) is 22.3 Å². The molecule has 2 aliphatic heterocycles. The zero-order valence-corrected chi connectivity index (χ0v) is 23.6. The van der Waals surface area contributed by atoms with Crippen LogP contribution in [0.25, 0.3) is 0 Å². The van der Waals surface area contributed by atoms with E-state index < -0.39 is 41.0 Å². The summed E-state index contributed by atoms with van der Waals surface area (Å²) in [7, 11) is 0. The topological polar surface area (TPSA) is 101 Å². The Bertz CT molecular complexity index is 1610. The number of alkyl halides is 6. The number of fused-ring (bicyclic) bond motifs is 1. The SMILES string of the molecule is CCc1cc(C(O)(C(F)(F)F)C(F)(F)F)ccc1Oc1ccnc(CN2C(=O)NC(C)(c3ccc4c(c3)CC(C)O4)C2=O)c1. The third kappa shape index (κ3) is 5.20. The number of aliphatic hydroxyl groups is 1. The summed E-state index contributed by atoms with van der Waals surface area (Å²) in [5.41, 5.74) is -6.13. The van der Waals surface area contributed by atoms with Crippen molar-refractivity contribution in [2.75, 3.05) is 0 Å². The Balaban J connectivity index is 1.36. The highest BCUT2D eigenvalue weighted by Crippen LogP contribution is 2.50. The lowest BCUT2D eigenvalue weighted by atomic mass is 9.90. The minimum Gasteiger partial charge on any atom is -0.490 e. The van der Waals surface area contributed by atoms with E-state index in [1.165, 1.54) is 25.3 Å². The summed E-state index contributed by atoms with van der Waals surface area (Å²) in [5, 5.41) is 12.5. The Hall–Kier alpha value is -4.33. The van der Waals surface area contributed by atoms with Crippen LogP contribution in [0.2, 0.25) is 0 Å². The minimum atomic E-state index is -6.03. The van der Waals surface area contributed by atoms with Gasteiger partial charge in [0.15, 0.2) is 0 Å². The van der Waals surface area contributed by atoms with Crippen LogP contribution in [-0.4, -0.2) is 45.4 Å². The molecule has 2 N–H and O–H groups in total. The van der Waals surface area contributed by atoms with Crippen molar-refractivity contribution in [3.05, 3.63) is 82.7 Å². The average molecular weight is 624 g/mol. The van der Waals surface area contributed by atoms with Crippen LogP contribution in [0.3, 0.4) is 0 Å². The van der Waals surface area contributed by atoms with E-state index in [-0.39, 0.29) is 41.8 Å². The lowest BCUT2D eigenvalue weighted by molar-refractivity contribution is -0.376. The number of ether oxygens (including phenoxy) is 2. The number of nitrogens with one attached hydrogen (secondary N) is 1. The molecule has 0 saturated carbocycles. The van der Waals surface area contributed by atoms with Gasteiger partial charge in [-0.25, -0.2) is 4.79 Å². The van der Waals surface area contributed by atoms with Gasteiger partial charge in [0.25, 0.3) is 11.5 Å². The second-order valence-electron chi connectivity index (χ2n) is 10.9. The molecule has 5 rings (SSSR count). The van der Waals surface area contributed by atoms with Crippen molar-refractivity contribution in [1.82, 2.24) is 15.2 Å². The van der Waals surface area contributed by atoms with Crippen LogP contribution in [0.4, 0.5) is 31.1 Å². The van der Waals surface area contributed by atoms with Crippen LogP contribution in [-0.2, 0) is 35.3 Å². The number of pyridine rings is 1. The highest BCUT2D eigenvalue weighted by Gasteiger charge is 2.71. The molecule has 1 fully saturated rings. The van der Waals surface area contributed by atoms with Gasteiger partial charge >= 0.3 is 18.4 Å². The maximum atomic E-state index is 13.5. The molecule has 0 aliphatic carbocycles. The van der Waals surface area contributed by atoms with Gasteiger partial charge in [0.05, 0.1) is 12.2 Å². The Morgan fingerprint density at radius 2 is 1.77 bits per heavy atom. The highest BCUT2D eigenvalue weighted by atomic mass is 19.4. The zero-order chi connectivity index (χ0) is 32.2. The number of rotatable bonds is 7. The van der Waals surface area contributed by atoms with Crippen LogP contribution >= 0.6 is 0 Å². The number of urea groups is 1. The first kappa shape index (κ1) is 31.1. The number of benzene rings is 2. The summed E-state index contributed by atoms with van der Waals surface area (Å²) >= 11 is 0. The molecule has 14 heteroatoms. The van der Waals surface area contributed by atoms with Gasteiger partial charge < -0.3 is 19.9 Å². The fraction of sp³-hybridized carbons (Fsp3) is 0.367. The molecule has 3 heterocycles. The van der Waals surface area contributed by atoms with Crippen molar-refractivity contribution in [2.45, 2.75) is 69.8 Å². The Morgan fingerprint density at radius 1 is 1.07 bits per heavy atom. The molecule has 2 aliphatic rings. The first-order valence-corrected chi connectivity index (χ1v) is 13.5. The van der Waals surface area contributed by atoms with E-state index in [4.69, 9.17) is 9.47 Å². The largest absolute Gasteiger partial charge is 0.490 e. The monoisotopic (exact) mass is 623 g/mol. The smallest absolute Gasteiger partial charge is 0.430 e. The van der Waals surface area contributed by atoms with Gasteiger partial charge in [0.1, 0.15) is 28.9 Å². The highest BCUT2D eigenvalue weighted by molar-refractivity contribution is 6.07. The summed E-state index contributed by atoms with van der Waals surface area (Å²) in [6, 6.07) is 9.43. The van der Waals surface area contributed by atoms with E-state index >= 15 is 0 Å². The number of hydrogen-bond donors (Lipinski definition) is 2. The predicted molar refractivity (Wildman–Crippen MR) is 143 cm³/mol. The summed E-state index contributed by atoms with van der Waals surface area (Å²) in [6.07, 6.45) is -10.1. The van der Waals surface area contributed by atoms with Crippen LogP contribution in [0, 0.1) is 0 Å². The van der Waals surface area contributed by atoms with E-state index in [2.05, 4.69) is 10.3 Å². The number of nitrogens with zero attached hydrogens (tertiary/aromatic N) is 2. The van der Waals surface area contributed by atoms with Crippen molar-refractivity contribution in [3.8, 4) is 17.2 Å². The molecule has 8 nitrogen and oxygen atoms in total. The third-order valence-electron chi connectivity index (χ3n) is 7.76. The van der Waals surface area contributed by atoms with E-state index in [9.17, 15) is 41.0 Å². The molecule has 2 atom stereocenters. The number of aromatic nitrogens is 1. The van der Waals surface area contributed by atoms with Crippen molar-refractivity contribution in [3.63, 3.8) is 0 Å². The summed E-state index contributed by atoms with van der Waals surface area (Å²) in [5.74, 6) is 0.240. The Labute approximate surface area is 247 Å². The Morgan fingerprint density at radius 3 is 2.43 bits per heavy atom. The maximum Gasteiger partial charge on any atom is 0.430 e. The lowest BCUT2D eigenvalue weighted by Crippen LogP contribution is -2.53. The van der Waals surface area contributed by atoms with E-state index in [0.29, 0.717) is 24.1 Å². The molecule has 1 saturated heterocycles. The van der Waals surface area contributed by atoms with Crippen LogP contribution < -0.4 is 14.8 Å². The number of imide groups is 1. The Kier molecular flexibility index (Phi) is 7.55. The zero-order valence-electron chi connectivity index (χ0n) is 23.6. The number of carbonyl (C=O) groups is 2. The summed E-state index contributed by atoms with van der Waals surface area (Å²) in [4.78, 5) is 31.6. The number of halogens is 6. The molecule has 3 amide bonds. The number of hydrogen-bond acceptors (Lipinski definition) is 6. The van der Waals surface area contributed by atoms with Crippen LogP contribution in [0.1, 0.15) is 48.7 Å². The quantitative estimate of drug-likeness (QED) is 0.246. The van der Waals surface area contributed by atoms with Gasteiger partial charge in [-0.1, -0.05) is 19.1 Å². The third-order valence-corrected chi connectivity index (χ3v) is 7.76. The normalized spacial score (nSPS) is 20.4. The molecule has 2 unspecified atom stereocenters.